The lowest BCUT2D eigenvalue weighted by molar-refractivity contribution is 0.328. The van der Waals surface area contributed by atoms with Crippen LogP contribution in [0.15, 0.2) is 30.6 Å². The van der Waals surface area contributed by atoms with Crippen molar-refractivity contribution in [2.45, 2.75) is 0 Å². The molecule has 5 heteroatoms. The van der Waals surface area contributed by atoms with Crippen molar-refractivity contribution < 1.29 is 4.74 Å². The van der Waals surface area contributed by atoms with E-state index in [-0.39, 0.29) is 0 Å². The molecular weight excluding hydrogens is 216 g/mol. The van der Waals surface area contributed by atoms with Crippen molar-refractivity contribution in [3.63, 3.8) is 0 Å². The predicted molar refractivity (Wildman–Crippen MR) is 67.6 cm³/mol. The number of benzene rings is 1. The summed E-state index contributed by atoms with van der Waals surface area (Å²) in [5, 5.41) is 4.13. The number of nitrogens with zero attached hydrogens (tertiary/aromatic N) is 2. The van der Waals surface area contributed by atoms with Crippen LogP contribution in [0.3, 0.4) is 0 Å². The monoisotopic (exact) mass is 232 g/mol. The highest BCUT2D eigenvalue weighted by Gasteiger charge is 2.04. The molecule has 0 saturated carbocycles. The van der Waals surface area contributed by atoms with Gasteiger partial charge in [-0.15, -0.1) is 0 Å². The van der Waals surface area contributed by atoms with Crippen LogP contribution in [0.2, 0.25) is 0 Å². The van der Waals surface area contributed by atoms with Crippen LogP contribution in [0.5, 0.6) is 5.75 Å². The second-order valence-electron chi connectivity index (χ2n) is 3.83. The van der Waals surface area contributed by atoms with Gasteiger partial charge in [0, 0.05) is 37.1 Å². The number of rotatable bonds is 4. The molecule has 0 aliphatic heterocycles. The van der Waals surface area contributed by atoms with Crippen molar-refractivity contribution in [2.75, 3.05) is 18.9 Å². The van der Waals surface area contributed by atoms with E-state index < -0.39 is 0 Å². The largest absolute Gasteiger partial charge is 0.492 e. The highest BCUT2D eigenvalue weighted by molar-refractivity contribution is 5.68. The van der Waals surface area contributed by atoms with Gasteiger partial charge >= 0.3 is 0 Å². The molecule has 4 N–H and O–H groups in total. The highest BCUT2D eigenvalue weighted by Crippen LogP contribution is 2.26. The molecule has 0 saturated heterocycles. The SMILES string of the molecule is Cn1cc(-c2cc(N)cc(OCCN)c2)cn1. The quantitative estimate of drug-likeness (QED) is 0.771. The zero-order chi connectivity index (χ0) is 12.3. The average molecular weight is 232 g/mol. The van der Waals surface area contributed by atoms with Crippen LogP contribution in [0.4, 0.5) is 5.69 Å². The van der Waals surface area contributed by atoms with Crippen molar-refractivity contribution in [1.29, 1.82) is 0 Å². The topological polar surface area (TPSA) is 79.1 Å². The minimum absolute atomic E-state index is 0.482. The Morgan fingerprint density at radius 1 is 1.29 bits per heavy atom. The Bertz CT molecular complexity index is 507. The molecule has 90 valence electrons. The van der Waals surface area contributed by atoms with Crippen LogP contribution in [0.1, 0.15) is 0 Å². The highest BCUT2D eigenvalue weighted by atomic mass is 16.5. The lowest BCUT2D eigenvalue weighted by atomic mass is 10.1. The molecule has 2 aromatic rings. The number of ether oxygens (including phenoxy) is 1. The van der Waals surface area contributed by atoms with Gasteiger partial charge in [0.1, 0.15) is 12.4 Å². The second kappa shape index (κ2) is 4.88. The van der Waals surface area contributed by atoms with Gasteiger partial charge in [0.05, 0.1) is 6.20 Å². The maximum Gasteiger partial charge on any atom is 0.122 e. The lowest BCUT2D eigenvalue weighted by Gasteiger charge is -2.07. The van der Waals surface area contributed by atoms with Gasteiger partial charge in [0.15, 0.2) is 0 Å². The minimum Gasteiger partial charge on any atom is -0.492 e. The molecular formula is C12H16N4O. The Balaban J connectivity index is 2.31. The van der Waals surface area contributed by atoms with Gasteiger partial charge in [-0.1, -0.05) is 0 Å². The number of aryl methyl sites for hydroxylation is 1. The molecule has 0 unspecified atom stereocenters. The molecule has 1 heterocycles. The van der Waals surface area contributed by atoms with Gasteiger partial charge in [-0.2, -0.15) is 5.10 Å². The normalized spacial score (nSPS) is 10.5. The second-order valence-corrected chi connectivity index (χ2v) is 3.83. The number of hydrogen-bond acceptors (Lipinski definition) is 4. The summed E-state index contributed by atoms with van der Waals surface area (Å²) in [6, 6.07) is 5.62. The average Bonchev–Trinajstić information content (AvgIpc) is 2.72. The van der Waals surface area contributed by atoms with Crippen molar-refractivity contribution in [1.82, 2.24) is 9.78 Å². The van der Waals surface area contributed by atoms with Crippen molar-refractivity contribution in [2.24, 2.45) is 12.8 Å². The summed E-state index contributed by atoms with van der Waals surface area (Å²) in [4.78, 5) is 0. The smallest absolute Gasteiger partial charge is 0.122 e. The van der Waals surface area contributed by atoms with Crippen LogP contribution in [0.25, 0.3) is 11.1 Å². The number of hydrogen-bond donors (Lipinski definition) is 2. The van der Waals surface area contributed by atoms with Crippen LogP contribution in [-0.4, -0.2) is 22.9 Å². The standard InChI is InChI=1S/C12H16N4O/c1-16-8-10(7-15-16)9-4-11(14)6-12(5-9)17-3-2-13/h4-8H,2-3,13-14H2,1H3. The van der Waals surface area contributed by atoms with E-state index in [4.69, 9.17) is 16.2 Å². The molecule has 0 aliphatic rings. The number of aromatic nitrogens is 2. The third kappa shape index (κ3) is 2.76. The summed E-state index contributed by atoms with van der Waals surface area (Å²) in [7, 11) is 1.88. The summed E-state index contributed by atoms with van der Waals surface area (Å²) in [5.74, 6) is 0.731. The number of nitrogen functional groups attached to an aromatic ring is 1. The van der Waals surface area contributed by atoms with Gasteiger partial charge in [0.2, 0.25) is 0 Å². The van der Waals surface area contributed by atoms with E-state index >= 15 is 0 Å². The van der Waals surface area contributed by atoms with Gasteiger partial charge in [-0.05, 0) is 17.7 Å². The van der Waals surface area contributed by atoms with Gasteiger partial charge < -0.3 is 16.2 Å². The first-order valence-corrected chi connectivity index (χ1v) is 5.41. The fourth-order valence-electron chi connectivity index (χ4n) is 1.62. The summed E-state index contributed by atoms with van der Waals surface area (Å²) in [6.45, 7) is 0.965. The minimum atomic E-state index is 0.482. The van der Waals surface area contributed by atoms with Crippen molar-refractivity contribution in [3.05, 3.63) is 30.6 Å². The summed E-state index contributed by atoms with van der Waals surface area (Å²) >= 11 is 0. The maximum absolute atomic E-state index is 5.84. The Morgan fingerprint density at radius 2 is 2.12 bits per heavy atom. The first kappa shape index (κ1) is 11.5. The third-order valence-corrected chi connectivity index (χ3v) is 2.35. The van der Waals surface area contributed by atoms with E-state index in [1.807, 2.05) is 25.4 Å². The maximum atomic E-state index is 5.84. The Hall–Kier alpha value is -2.01. The van der Waals surface area contributed by atoms with Crippen LogP contribution in [-0.2, 0) is 7.05 Å². The fraction of sp³-hybridized carbons (Fsp3) is 0.250. The van der Waals surface area contributed by atoms with E-state index in [0.29, 0.717) is 18.8 Å². The molecule has 0 fully saturated rings. The van der Waals surface area contributed by atoms with E-state index in [9.17, 15) is 0 Å². The molecule has 0 atom stereocenters. The summed E-state index contributed by atoms with van der Waals surface area (Å²) in [6.07, 6.45) is 3.73. The van der Waals surface area contributed by atoms with E-state index in [1.54, 1.807) is 16.9 Å². The molecule has 17 heavy (non-hydrogen) atoms. The molecule has 0 amide bonds. The summed E-state index contributed by atoms with van der Waals surface area (Å²) < 4.78 is 7.22. The zero-order valence-corrected chi connectivity index (χ0v) is 9.76. The first-order valence-electron chi connectivity index (χ1n) is 5.41. The van der Waals surface area contributed by atoms with E-state index in [0.717, 1.165) is 16.9 Å². The fourth-order valence-corrected chi connectivity index (χ4v) is 1.62. The third-order valence-electron chi connectivity index (χ3n) is 2.35. The van der Waals surface area contributed by atoms with Crippen molar-refractivity contribution >= 4 is 5.69 Å². The van der Waals surface area contributed by atoms with E-state index in [2.05, 4.69) is 5.10 Å². The van der Waals surface area contributed by atoms with Crippen LogP contribution < -0.4 is 16.2 Å². The number of nitrogens with two attached hydrogens (primary N) is 2. The molecule has 1 aromatic carbocycles. The van der Waals surface area contributed by atoms with Gasteiger partial charge in [-0.25, -0.2) is 0 Å². The van der Waals surface area contributed by atoms with Gasteiger partial charge in [-0.3, -0.25) is 4.68 Å². The molecule has 0 aliphatic carbocycles. The Kier molecular flexibility index (Phi) is 3.30. The van der Waals surface area contributed by atoms with Gasteiger partial charge in [0.25, 0.3) is 0 Å². The molecule has 0 radical (unpaired) electrons. The summed E-state index contributed by atoms with van der Waals surface area (Å²) in [5.41, 5.74) is 13.9. The van der Waals surface area contributed by atoms with Crippen LogP contribution in [0, 0.1) is 0 Å². The van der Waals surface area contributed by atoms with Crippen molar-refractivity contribution in [3.8, 4) is 16.9 Å². The Labute approximate surface area is 100.0 Å². The molecule has 2 rings (SSSR count). The zero-order valence-electron chi connectivity index (χ0n) is 9.76. The molecule has 0 bridgehead atoms. The molecule has 0 spiro atoms. The lowest BCUT2D eigenvalue weighted by Crippen LogP contribution is -2.10. The molecule has 1 aromatic heterocycles. The van der Waals surface area contributed by atoms with E-state index in [1.165, 1.54) is 0 Å². The molecule has 5 nitrogen and oxygen atoms in total. The first-order chi connectivity index (χ1) is 8.19. The Morgan fingerprint density at radius 3 is 2.76 bits per heavy atom. The predicted octanol–water partition coefficient (Wildman–Crippen LogP) is 1.01. The van der Waals surface area contributed by atoms with Crippen LogP contribution >= 0.6 is 0 Å². The number of anilines is 1.